The molecule has 3 aliphatic carbocycles. The molecule has 2 aliphatic heterocycles. The minimum atomic E-state index is -1.55. The van der Waals surface area contributed by atoms with Crippen molar-refractivity contribution in [3.8, 4) is 0 Å². The van der Waals surface area contributed by atoms with Crippen LogP contribution in [0.15, 0.2) is 72.8 Å². The quantitative estimate of drug-likeness (QED) is 0.362. The molecule has 188 valence electrons. The third-order valence-electron chi connectivity index (χ3n) is 10.7. The van der Waals surface area contributed by atoms with Crippen molar-refractivity contribution in [3.63, 3.8) is 0 Å². The first-order chi connectivity index (χ1) is 17.5. The third-order valence-corrected chi connectivity index (χ3v) is 19.3. The van der Waals surface area contributed by atoms with E-state index in [0.29, 0.717) is 11.8 Å². The van der Waals surface area contributed by atoms with E-state index < -0.39 is 8.07 Å². The summed E-state index contributed by atoms with van der Waals surface area (Å²) in [5.74, 6) is 4.37. The van der Waals surface area contributed by atoms with Crippen molar-refractivity contribution in [1.82, 2.24) is 0 Å². The monoisotopic (exact) mass is 528 g/mol. The third kappa shape index (κ3) is 3.78. The van der Waals surface area contributed by atoms with Gasteiger partial charge in [0, 0.05) is 20.3 Å². The Hall–Kier alpha value is -1.16. The number of thioether (sulfide) groups is 2. The van der Waals surface area contributed by atoms with E-state index in [1.54, 1.807) is 9.81 Å². The summed E-state index contributed by atoms with van der Waals surface area (Å²) in [5.41, 5.74) is 4.76. The molecule has 0 saturated heterocycles. The molecule has 0 radical (unpaired) electrons. The molecule has 0 bridgehead atoms. The van der Waals surface area contributed by atoms with E-state index >= 15 is 0 Å². The number of rotatable bonds is 4. The van der Waals surface area contributed by atoms with Crippen molar-refractivity contribution in [2.75, 3.05) is 0 Å². The van der Waals surface area contributed by atoms with Gasteiger partial charge in [-0.05, 0) is 58.2 Å². The topological polar surface area (TPSA) is 0 Å². The lowest BCUT2D eigenvalue weighted by Crippen LogP contribution is -2.47. The van der Waals surface area contributed by atoms with E-state index in [9.17, 15) is 0 Å². The molecule has 0 aromatic heterocycles. The summed E-state index contributed by atoms with van der Waals surface area (Å²) < 4.78 is 0. The van der Waals surface area contributed by atoms with Gasteiger partial charge in [0.05, 0.1) is 8.07 Å². The standard InChI is InChI=1S/C33H40S2Si/c1-21-18-24-16-10-11-17-25(24)32(21)36(2,3)33-30-26(19-28(34-30)22-12-6-4-7-13-22)27-20-29(35-31(27)33)23-14-8-5-9-15-23/h4-9,12-15,19-21,24-27,30-33H,10-11,16-18H2,1-3H3. The molecule has 0 spiro atoms. The Morgan fingerprint density at radius 1 is 0.694 bits per heavy atom. The highest BCUT2D eigenvalue weighted by Crippen LogP contribution is 2.70. The van der Waals surface area contributed by atoms with Gasteiger partial charge in [-0.3, -0.25) is 0 Å². The summed E-state index contributed by atoms with van der Waals surface area (Å²) in [7, 11) is -1.55. The minimum Gasteiger partial charge on any atom is -0.122 e. The van der Waals surface area contributed by atoms with Gasteiger partial charge < -0.3 is 0 Å². The highest BCUT2D eigenvalue weighted by atomic mass is 32.2. The second-order valence-electron chi connectivity index (χ2n) is 12.9. The van der Waals surface area contributed by atoms with Gasteiger partial charge in [0.25, 0.3) is 0 Å². The van der Waals surface area contributed by atoms with Gasteiger partial charge in [-0.15, -0.1) is 23.5 Å². The van der Waals surface area contributed by atoms with Crippen LogP contribution in [0.4, 0.5) is 0 Å². The molecule has 3 fully saturated rings. The Morgan fingerprint density at radius 2 is 1.22 bits per heavy atom. The van der Waals surface area contributed by atoms with E-state index in [1.807, 2.05) is 0 Å². The van der Waals surface area contributed by atoms with Crippen LogP contribution < -0.4 is 0 Å². The van der Waals surface area contributed by atoms with Crippen molar-refractivity contribution in [2.24, 2.45) is 29.6 Å². The lowest BCUT2D eigenvalue weighted by Gasteiger charge is -2.46. The molecule has 8 atom stereocenters. The Labute approximate surface area is 227 Å². The summed E-state index contributed by atoms with van der Waals surface area (Å²) in [6.07, 6.45) is 12.9. The van der Waals surface area contributed by atoms with Gasteiger partial charge in [-0.1, -0.05) is 119 Å². The molecular weight excluding hydrogens is 489 g/mol. The maximum Gasteiger partial charge on any atom is 0.0566 e. The molecule has 2 heterocycles. The first kappa shape index (κ1) is 23.9. The highest BCUT2D eigenvalue weighted by molar-refractivity contribution is 8.10. The van der Waals surface area contributed by atoms with E-state index in [4.69, 9.17) is 0 Å². The van der Waals surface area contributed by atoms with Crippen LogP contribution in [0.3, 0.4) is 0 Å². The minimum absolute atomic E-state index is 0.694. The molecule has 2 aromatic rings. The van der Waals surface area contributed by atoms with Crippen LogP contribution in [-0.2, 0) is 0 Å². The molecule has 2 aromatic carbocycles. The zero-order valence-corrected chi connectivity index (χ0v) is 24.6. The van der Waals surface area contributed by atoms with Crippen molar-refractivity contribution < 1.29 is 0 Å². The molecule has 0 nitrogen and oxygen atoms in total. The van der Waals surface area contributed by atoms with Crippen LogP contribution in [0, 0.1) is 29.6 Å². The lowest BCUT2D eigenvalue weighted by molar-refractivity contribution is 0.274. The number of fused-ring (bicyclic) bond motifs is 4. The molecule has 5 aliphatic rings. The van der Waals surface area contributed by atoms with E-state index in [1.165, 1.54) is 43.2 Å². The number of hydrogen-bond donors (Lipinski definition) is 0. The normalized spacial score (nSPS) is 39.4. The van der Waals surface area contributed by atoms with Gasteiger partial charge >= 0.3 is 0 Å². The summed E-state index contributed by atoms with van der Waals surface area (Å²) >= 11 is 4.53. The Bertz CT molecular complexity index is 1100. The van der Waals surface area contributed by atoms with Crippen LogP contribution in [-0.4, -0.2) is 18.6 Å². The summed E-state index contributed by atoms with van der Waals surface area (Å²) in [6.45, 7) is 8.33. The van der Waals surface area contributed by atoms with Crippen molar-refractivity contribution in [1.29, 1.82) is 0 Å². The predicted molar refractivity (Wildman–Crippen MR) is 163 cm³/mol. The van der Waals surface area contributed by atoms with Crippen LogP contribution in [0.1, 0.15) is 50.2 Å². The Kier molecular flexibility index (Phi) is 6.14. The number of hydrogen-bond acceptors (Lipinski definition) is 2. The van der Waals surface area contributed by atoms with E-state index in [2.05, 4.69) is 116 Å². The van der Waals surface area contributed by atoms with Gasteiger partial charge in [-0.25, -0.2) is 0 Å². The van der Waals surface area contributed by atoms with Gasteiger partial charge in [0.15, 0.2) is 0 Å². The zero-order chi connectivity index (χ0) is 24.4. The number of allylic oxidation sites excluding steroid dienone is 2. The molecule has 0 amide bonds. The zero-order valence-electron chi connectivity index (χ0n) is 22.0. The fourth-order valence-electron chi connectivity index (χ4n) is 9.48. The van der Waals surface area contributed by atoms with Gasteiger partial charge in [0.1, 0.15) is 0 Å². The Balaban J connectivity index is 1.27. The van der Waals surface area contributed by atoms with Crippen molar-refractivity contribution in [3.05, 3.63) is 83.9 Å². The second-order valence-corrected chi connectivity index (χ2v) is 20.3. The molecule has 3 saturated carbocycles. The summed E-state index contributed by atoms with van der Waals surface area (Å²) in [6, 6.07) is 22.5. The summed E-state index contributed by atoms with van der Waals surface area (Å²) in [4.78, 5) is 3.11. The van der Waals surface area contributed by atoms with E-state index in [-0.39, 0.29) is 0 Å². The Morgan fingerprint density at radius 3 is 1.78 bits per heavy atom. The van der Waals surface area contributed by atoms with E-state index in [0.717, 1.165) is 39.3 Å². The van der Waals surface area contributed by atoms with Gasteiger partial charge in [0.2, 0.25) is 0 Å². The van der Waals surface area contributed by atoms with Crippen LogP contribution in [0.5, 0.6) is 0 Å². The molecule has 36 heavy (non-hydrogen) atoms. The molecule has 8 unspecified atom stereocenters. The largest absolute Gasteiger partial charge is 0.122 e. The fourth-order valence-corrected chi connectivity index (χ4v) is 20.9. The molecular formula is C33H40S2Si. The molecule has 3 heteroatoms. The molecule has 7 rings (SSSR count). The second kappa shape index (κ2) is 9.24. The molecule has 0 N–H and O–H groups in total. The smallest absolute Gasteiger partial charge is 0.0566 e. The lowest BCUT2D eigenvalue weighted by atomic mass is 9.82. The van der Waals surface area contributed by atoms with Crippen molar-refractivity contribution >= 4 is 41.4 Å². The first-order valence-electron chi connectivity index (χ1n) is 14.4. The average molecular weight is 529 g/mol. The van der Waals surface area contributed by atoms with Crippen LogP contribution >= 0.6 is 23.5 Å². The van der Waals surface area contributed by atoms with Crippen LogP contribution in [0.2, 0.25) is 24.2 Å². The van der Waals surface area contributed by atoms with Crippen LogP contribution in [0.25, 0.3) is 9.81 Å². The van der Waals surface area contributed by atoms with Gasteiger partial charge in [-0.2, -0.15) is 0 Å². The SMILES string of the molecule is CC1CC2CCCCC2C1[Si](C)(C)C1C2SC(c3ccccc3)=CC2C2C=C(c3ccccc3)SC21. The van der Waals surface area contributed by atoms with Crippen molar-refractivity contribution in [2.45, 2.75) is 73.7 Å². The predicted octanol–water partition coefficient (Wildman–Crippen LogP) is 9.84. The maximum atomic E-state index is 2.84. The highest BCUT2D eigenvalue weighted by Gasteiger charge is 2.63. The summed E-state index contributed by atoms with van der Waals surface area (Å²) in [5, 5.41) is 1.54. The fraction of sp³-hybridized carbons (Fsp3) is 0.515. The first-order valence-corrected chi connectivity index (χ1v) is 19.3. The number of benzene rings is 2. The average Bonchev–Trinajstić information content (AvgIpc) is 3.63. The maximum absolute atomic E-state index is 2.84.